The first-order valence-corrected chi connectivity index (χ1v) is 14.2. The first-order chi connectivity index (χ1) is 15.2. The standard InChI is InChI=1S/C31H49N/c1-20(2)8-7-9-22(4)26-12-13-27-25-11-10-24-17-23-16-21(3)19-32-29(23)18-31(24,6)28(25)14-15-30(26,27)5/h16,19-20,22,24-28H,7-15,17-18H2,1-6H3. The molecule has 5 rings (SSSR count). The maximum atomic E-state index is 4.95. The molecule has 4 aliphatic carbocycles. The summed E-state index contributed by atoms with van der Waals surface area (Å²) >= 11 is 0. The molecule has 1 aromatic heterocycles. The van der Waals surface area contributed by atoms with Gasteiger partial charge >= 0.3 is 0 Å². The van der Waals surface area contributed by atoms with E-state index in [9.17, 15) is 0 Å². The van der Waals surface area contributed by atoms with Gasteiger partial charge in [-0.2, -0.15) is 0 Å². The number of hydrogen-bond acceptors (Lipinski definition) is 1. The van der Waals surface area contributed by atoms with Gasteiger partial charge in [0.2, 0.25) is 0 Å². The van der Waals surface area contributed by atoms with Gasteiger partial charge < -0.3 is 0 Å². The molecule has 0 aromatic carbocycles. The van der Waals surface area contributed by atoms with E-state index in [4.69, 9.17) is 4.98 Å². The van der Waals surface area contributed by atoms with Gasteiger partial charge in [-0.25, -0.2) is 0 Å². The van der Waals surface area contributed by atoms with Crippen LogP contribution in [0.5, 0.6) is 0 Å². The van der Waals surface area contributed by atoms with Crippen LogP contribution >= 0.6 is 0 Å². The predicted molar refractivity (Wildman–Crippen MR) is 136 cm³/mol. The van der Waals surface area contributed by atoms with E-state index in [0.717, 1.165) is 41.4 Å². The molecule has 0 amide bonds. The van der Waals surface area contributed by atoms with Crippen molar-refractivity contribution < 1.29 is 0 Å². The summed E-state index contributed by atoms with van der Waals surface area (Å²) in [5, 5.41) is 0. The van der Waals surface area contributed by atoms with Gasteiger partial charge in [0, 0.05) is 11.9 Å². The Bertz CT molecular complexity index is 826. The van der Waals surface area contributed by atoms with Gasteiger partial charge in [0.15, 0.2) is 0 Å². The van der Waals surface area contributed by atoms with Crippen molar-refractivity contribution in [1.82, 2.24) is 4.98 Å². The highest BCUT2D eigenvalue weighted by Crippen LogP contribution is 2.67. The molecule has 8 unspecified atom stereocenters. The molecule has 1 heterocycles. The van der Waals surface area contributed by atoms with E-state index >= 15 is 0 Å². The third kappa shape index (κ3) is 3.69. The van der Waals surface area contributed by atoms with Crippen molar-refractivity contribution in [2.45, 2.75) is 112 Å². The molecule has 0 aliphatic heterocycles. The maximum Gasteiger partial charge on any atom is 0.0441 e. The molecule has 8 atom stereocenters. The fraction of sp³-hybridized carbons (Fsp3) is 0.839. The molecule has 32 heavy (non-hydrogen) atoms. The molecule has 0 spiro atoms. The van der Waals surface area contributed by atoms with Gasteiger partial charge in [0.1, 0.15) is 0 Å². The molecule has 3 fully saturated rings. The number of pyridine rings is 1. The van der Waals surface area contributed by atoms with Crippen LogP contribution in [0.3, 0.4) is 0 Å². The Labute approximate surface area is 198 Å². The van der Waals surface area contributed by atoms with Crippen molar-refractivity contribution >= 4 is 0 Å². The summed E-state index contributed by atoms with van der Waals surface area (Å²) in [6.07, 6.45) is 17.9. The lowest BCUT2D eigenvalue weighted by Gasteiger charge is -2.60. The molecule has 0 bridgehead atoms. The second kappa shape index (κ2) is 8.42. The second-order valence-corrected chi connectivity index (χ2v) is 13.7. The molecule has 1 nitrogen and oxygen atoms in total. The molecule has 1 aromatic rings. The molecule has 4 aliphatic rings. The topological polar surface area (TPSA) is 12.9 Å². The largest absolute Gasteiger partial charge is 0.261 e. The van der Waals surface area contributed by atoms with Crippen LogP contribution in [0, 0.1) is 59.2 Å². The van der Waals surface area contributed by atoms with E-state index in [1.807, 2.05) is 0 Å². The number of aromatic nitrogens is 1. The summed E-state index contributed by atoms with van der Waals surface area (Å²) in [4.78, 5) is 4.95. The van der Waals surface area contributed by atoms with Crippen LogP contribution < -0.4 is 0 Å². The van der Waals surface area contributed by atoms with E-state index in [1.54, 1.807) is 5.56 Å². The zero-order chi connectivity index (χ0) is 22.7. The Morgan fingerprint density at radius 3 is 2.53 bits per heavy atom. The Hall–Kier alpha value is -0.850. The Kier molecular flexibility index (Phi) is 6.03. The number of nitrogens with zero attached hydrogens (tertiary/aromatic N) is 1. The zero-order valence-corrected chi connectivity index (χ0v) is 21.9. The summed E-state index contributed by atoms with van der Waals surface area (Å²) in [5.41, 5.74) is 5.45. The summed E-state index contributed by atoms with van der Waals surface area (Å²) < 4.78 is 0. The van der Waals surface area contributed by atoms with Crippen molar-refractivity contribution in [3.05, 3.63) is 29.1 Å². The van der Waals surface area contributed by atoms with Crippen molar-refractivity contribution in [3.63, 3.8) is 0 Å². The van der Waals surface area contributed by atoms with Gasteiger partial charge in [-0.15, -0.1) is 0 Å². The average molecular weight is 436 g/mol. The number of rotatable bonds is 5. The molecule has 0 N–H and O–H groups in total. The lowest BCUT2D eigenvalue weighted by atomic mass is 9.44. The molecule has 1 heteroatoms. The normalized spacial score (nSPS) is 41.5. The number of aryl methyl sites for hydroxylation is 1. The third-order valence-electron chi connectivity index (χ3n) is 11.5. The second-order valence-electron chi connectivity index (χ2n) is 13.7. The van der Waals surface area contributed by atoms with Crippen molar-refractivity contribution in [1.29, 1.82) is 0 Å². The van der Waals surface area contributed by atoms with E-state index < -0.39 is 0 Å². The van der Waals surface area contributed by atoms with Crippen LogP contribution in [0.25, 0.3) is 0 Å². The smallest absolute Gasteiger partial charge is 0.0441 e. The SMILES string of the molecule is Cc1cnc2c(c1)CC1CCC3C(CCC4(C)C(C(C)CCCC(C)C)CCC34)C1(C)C2. The monoisotopic (exact) mass is 435 g/mol. The fourth-order valence-corrected chi connectivity index (χ4v) is 9.79. The van der Waals surface area contributed by atoms with E-state index in [2.05, 4.69) is 53.8 Å². The fourth-order valence-electron chi connectivity index (χ4n) is 9.79. The number of hydrogen-bond donors (Lipinski definition) is 0. The van der Waals surface area contributed by atoms with Crippen molar-refractivity contribution in [3.8, 4) is 0 Å². The Morgan fingerprint density at radius 2 is 1.75 bits per heavy atom. The van der Waals surface area contributed by atoms with Crippen molar-refractivity contribution in [2.24, 2.45) is 52.3 Å². The molecule has 178 valence electrons. The molecular weight excluding hydrogens is 386 g/mol. The quantitative estimate of drug-likeness (QED) is 0.452. The van der Waals surface area contributed by atoms with E-state index in [0.29, 0.717) is 10.8 Å². The summed E-state index contributed by atoms with van der Waals surface area (Å²) in [7, 11) is 0. The van der Waals surface area contributed by atoms with Crippen LogP contribution in [0.2, 0.25) is 0 Å². The highest BCUT2D eigenvalue weighted by Gasteiger charge is 2.60. The van der Waals surface area contributed by atoms with Gasteiger partial charge in [-0.3, -0.25) is 4.98 Å². The van der Waals surface area contributed by atoms with Crippen LogP contribution in [-0.4, -0.2) is 4.98 Å². The van der Waals surface area contributed by atoms with Crippen LogP contribution in [0.1, 0.15) is 109 Å². The minimum Gasteiger partial charge on any atom is -0.261 e. The summed E-state index contributed by atoms with van der Waals surface area (Å²) in [6, 6.07) is 2.44. The number of fused-ring (bicyclic) bond motifs is 6. The lowest BCUT2D eigenvalue weighted by molar-refractivity contribution is -0.104. The van der Waals surface area contributed by atoms with Gasteiger partial charge in [-0.05, 0) is 122 Å². The molecule has 0 radical (unpaired) electrons. The molecule has 3 saturated carbocycles. The highest BCUT2D eigenvalue weighted by atomic mass is 14.7. The van der Waals surface area contributed by atoms with Crippen LogP contribution in [0.15, 0.2) is 12.3 Å². The van der Waals surface area contributed by atoms with Gasteiger partial charge in [0.05, 0.1) is 0 Å². The van der Waals surface area contributed by atoms with E-state index in [1.165, 1.54) is 81.9 Å². The Morgan fingerprint density at radius 1 is 0.969 bits per heavy atom. The summed E-state index contributed by atoms with van der Waals surface area (Å²) in [6.45, 7) is 15.0. The minimum atomic E-state index is 0.487. The predicted octanol–water partition coefficient (Wildman–Crippen LogP) is 8.43. The highest BCUT2D eigenvalue weighted by molar-refractivity contribution is 5.30. The Balaban J connectivity index is 1.34. The van der Waals surface area contributed by atoms with Crippen LogP contribution in [-0.2, 0) is 12.8 Å². The van der Waals surface area contributed by atoms with Gasteiger partial charge in [0.25, 0.3) is 0 Å². The first-order valence-electron chi connectivity index (χ1n) is 14.2. The van der Waals surface area contributed by atoms with E-state index in [-0.39, 0.29) is 0 Å². The zero-order valence-electron chi connectivity index (χ0n) is 21.9. The third-order valence-corrected chi connectivity index (χ3v) is 11.5. The summed E-state index contributed by atoms with van der Waals surface area (Å²) in [5.74, 6) is 6.55. The average Bonchev–Trinajstić information content (AvgIpc) is 3.09. The molecule has 0 saturated heterocycles. The van der Waals surface area contributed by atoms with Crippen LogP contribution in [0.4, 0.5) is 0 Å². The molecular formula is C31H49N. The van der Waals surface area contributed by atoms with Crippen molar-refractivity contribution in [2.75, 3.05) is 0 Å². The maximum absolute atomic E-state index is 4.95. The minimum absolute atomic E-state index is 0.487. The first kappa shape index (κ1) is 22.9. The lowest BCUT2D eigenvalue weighted by Crippen LogP contribution is -2.54. The van der Waals surface area contributed by atoms with Gasteiger partial charge in [-0.1, -0.05) is 59.9 Å².